The molecule has 3 amide bonds. The second-order valence-electron chi connectivity index (χ2n) is 6.19. The average Bonchev–Trinajstić information content (AvgIpc) is 3.08. The van der Waals surface area contributed by atoms with Crippen LogP contribution in [0.3, 0.4) is 0 Å². The molecule has 1 saturated heterocycles. The molecule has 1 aromatic carbocycles. The van der Waals surface area contributed by atoms with Crippen LogP contribution in [0.15, 0.2) is 18.2 Å². The van der Waals surface area contributed by atoms with E-state index in [0.717, 1.165) is 37.9 Å². The number of amides is 3. The minimum Gasteiger partial charge on any atom is -0.508 e. The van der Waals surface area contributed by atoms with E-state index in [1.165, 1.54) is 5.56 Å². The highest BCUT2D eigenvalue weighted by Gasteiger charge is 2.22. The lowest BCUT2D eigenvalue weighted by atomic mass is 10.00. The topological polar surface area (TPSA) is 72.9 Å². The number of hydrogen-bond donors (Lipinski definition) is 2. The van der Waals surface area contributed by atoms with E-state index >= 15 is 0 Å². The maximum absolute atomic E-state index is 12.2. The first-order chi connectivity index (χ1) is 11.1. The van der Waals surface area contributed by atoms with Gasteiger partial charge >= 0.3 is 6.03 Å². The van der Waals surface area contributed by atoms with Crippen molar-refractivity contribution in [3.05, 3.63) is 29.3 Å². The number of likely N-dealkylation sites (tertiary alicyclic amines) is 1. The van der Waals surface area contributed by atoms with Crippen molar-refractivity contribution in [3.8, 4) is 5.75 Å². The van der Waals surface area contributed by atoms with Crippen molar-refractivity contribution in [2.75, 3.05) is 26.2 Å². The van der Waals surface area contributed by atoms with Crippen LogP contribution in [0.1, 0.15) is 30.4 Å². The summed E-state index contributed by atoms with van der Waals surface area (Å²) in [6.07, 6.45) is 3.31. The van der Waals surface area contributed by atoms with Crippen LogP contribution in [0, 0.1) is 0 Å². The third-order valence-corrected chi connectivity index (χ3v) is 4.56. The Bertz CT molecular complexity index is 597. The Morgan fingerprint density at radius 2 is 1.87 bits per heavy atom. The summed E-state index contributed by atoms with van der Waals surface area (Å²) in [5.41, 5.74) is 2.16. The molecule has 1 aromatic rings. The normalized spacial score (nSPS) is 17.0. The van der Waals surface area contributed by atoms with E-state index < -0.39 is 0 Å². The highest BCUT2D eigenvalue weighted by atomic mass is 16.3. The SMILES string of the molecule is O=C(CCNC(=O)N1CCc2ccc(O)cc2C1)N1CCCC1. The van der Waals surface area contributed by atoms with Crippen LogP contribution in [0.4, 0.5) is 4.79 Å². The second kappa shape index (κ2) is 6.89. The number of aromatic hydroxyl groups is 1. The molecule has 2 heterocycles. The zero-order valence-corrected chi connectivity index (χ0v) is 13.3. The first kappa shape index (κ1) is 15.6. The van der Waals surface area contributed by atoms with E-state index in [9.17, 15) is 14.7 Å². The van der Waals surface area contributed by atoms with Crippen molar-refractivity contribution in [2.45, 2.75) is 32.2 Å². The molecule has 0 radical (unpaired) electrons. The monoisotopic (exact) mass is 317 g/mol. The third kappa shape index (κ3) is 3.75. The molecule has 0 spiro atoms. The zero-order valence-electron chi connectivity index (χ0n) is 13.3. The summed E-state index contributed by atoms with van der Waals surface area (Å²) in [6.45, 7) is 3.22. The molecule has 0 atom stereocenters. The van der Waals surface area contributed by atoms with Crippen molar-refractivity contribution in [3.63, 3.8) is 0 Å². The van der Waals surface area contributed by atoms with Gasteiger partial charge in [-0.05, 0) is 42.5 Å². The molecule has 0 bridgehead atoms. The van der Waals surface area contributed by atoms with E-state index in [1.807, 2.05) is 11.0 Å². The van der Waals surface area contributed by atoms with E-state index in [1.54, 1.807) is 17.0 Å². The van der Waals surface area contributed by atoms with E-state index in [-0.39, 0.29) is 17.7 Å². The number of carbonyl (C=O) groups is 2. The molecular formula is C17H23N3O3. The van der Waals surface area contributed by atoms with Gasteiger partial charge in [0.05, 0.1) is 0 Å². The Kier molecular flexibility index (Phi) is 4.69. The second-order valence-corrected chi connectivity index (χ2v) is 6.19. The summed E-state index contributed by atoms with van der Waals surface area (Å²) < 4.78 is 0. The Hall–Kier alpha value is -2.24. The molecule has 6 nitrogen and oxygen atoms in total. The molecule has 0 aromatic heterocycles. The Balaban J connectivity index is 1.46. The lowest BCUT2D eigenvalue weighted by Crippen LogP contribution is -2.43. The van der Waals surface area contributed by atoms with Gasteiger partial charge in [-0.1, -0.05) is 6.07 Å². The molecule has 23 heavy (non-hydrogen) atoms. The van der Waals surface area contributed by atoms with Gasteiger partial charge in [0, 0.05) is 39.1 Å². The van der Waals surface area contributed by atoms with Gasteiger partial charge in [0.15, 0.2) is 0 Å². The van der Waals surface area contributed by atoms with Crippen LogP contribution < -0.4 is 5.32 Å². The molecule has 6 heteroatoms. The van der Waals surface area contributed by atoms with E-state index in [0.29, 0.717) is 26.1 Å². The molecule has 124 valence electrons. The Morgan fingerprint density at radius 3 is 2.65 bits per heavy atom. The molecule has 1 fully saturated rings. The lowest BCUT2D eigenvalue weighted by molar-refractivity contribution is -0.129. The largest absolute Gasteiger partial charge is 0.508 e. The quantitative estimate of drug-likeness (QED) is 0.887. The summed E-state index contributed by atoms with van der Waals surface area (Å²) >= 11 is 0. The van der Waals surface area contributed by atoms with Crippen molar-refractivity contribution in [1.29, 1.82) is 0 Å². The summed E-state index contributed by atoms with van der Waals surface area (Å²) in [5.74, 6) is 0.346. The van der Waals surface area contributed by atoms with Gasteiger partial charge in [0.25, 0.3) is 0 Å². The zero-order chi connectivity index (χ0) is 16.2. The number of fused-ring (bicyclic) bond motifs is 1. The highest BCUT2D eigenvalue weighted by molar-refractivity contribution is 5.78. The summed E-state index contributed by atoms with van der Waals surface area (Å²) in [6, 6.07) is 5.16. The van der Waals surface area contributed by atoms with Gasteiger partial charge in [-0.25, -0.2) is 4.79 Å². The number of nitrogens with zero attached hydrogens (tertiary/aromatic N) is 2. The first-order valence-electron chi connectivity index (χ1n) is 8.25. The number of carbonyl (C=O) groups excluding carboxylic acids is 2. The molecule has 0 unspecified atom stereocenters. The third-order valence-electron chi connectivity index (χ3n) is 4.56. The number of phenolic OH excluding ortho intramolecular Hbond substituents is 1. The van der Waals surface area contributed by atoms with Gasteiger partial charge in [-0.3, -0.25) is 4.79 Å². The fraction of sp³-hybridized carbons (Fsp3) is 0.529. The number of benzene rings is 1. The van der Waals surface area contributed by atoms with Crippen LogP contribution in [0.25, 0.3) is 0 Å². The van der Waals surface area contributed by atoms with E-state index in [2.05, 4.69) is 5.32 Å². The van der Waals surface area contributed by atoms with Crippen LogP contribution in [-0.4, -0.2) is 53.0 Å². The van der Waals surface area contributed by atoms with E-state index in [4.69, 9.17) is 0 Å². The standard InChI is InChI=1S/C17H23N3O3/c21-15-4-3-13-6-10-20(12-14(13)11-15)17(23)18-7-5-16(22)19-8-1-2-9-19/h3-4,11,21H,1-2,5-10,12H2,(H,18,23). The maximum atomic E-state index is 12.2. The van der Waals surface area contributed by atoms with Crippen molar-refractivity contribution >= 4 is 11.9 Å². The molecule has 0 saturated carbocycles. The molecule has 3 rings (SSSR count). The van der Waals surface area contributed by atoms with Gasteiger partial charge in [0.2, 0.25) is 5.91 Å². The van der Waals surface area contributed by atoms with Crippen molar-refractivity contribution in [1.82, 2.24) is 15.1 Å². The lowest BCUT2D eigenvalue weighted by Gasteiger charge is -2.29. The number of phenols is 1. The van der Waals surface area contributed by atoms with Gasteiger partial charge < -0.3 is 20.2 Å². The molecule has 0 aliphatic carbocycles. The highest BCUT2D eigenvalue weighted by Crippen LogP contribution is 2.23. The van der Waals surface area contributed by atoms with Crippen molar-refractivity contribution < 1.29 is 14.7 Å². The fourth-order valence-corrected chi connectivity index (χ4v) is 3.23. The Labute approximate surface area is 136 Å². The maximum Gasteiger partial charge on any atom is 0.317 e. The minimum atomic E-state index is -0.145. The van der Waals surface area contributed by atoms with Gasteiger partial charge in [-0.2, -0.15) is 0 Å². The molecular weight excluding hydrogens is 294 g/mol. The predicted molar refractivity (Wildman–Crippen MR) is 86.1 cm³/mol. The first-order valence-corrected chi connectivity index (χ1v) is 8.25. The van der Waals surface area contributed by atoms with Crippen LogP contribution >= 0.6 is 0 Å². The summed E-state index contributed by atoms with van der Waals surface area (Å²) in [5, 5.41) is 12.4. The number of hydrogen-bond acceptors (Lipinski definition) is 3. The van der Waals surface area contributed by atoms with Gasteiger partial charge in [-0.15, -0.1) is 0 Å². The van der Waals surface area contributed by atoms with Crippen LogP contribution in [0.2, 0.25) is 0 Å². The van der Waals surface area contributed by atoms with Crippen LogP contribution in [0.5, 0.6) is 5.75 Å². The number of urea groups is 1. The number of nitrogens with one attached hydrogen (secondary N) is 1. The van der Waals surface area contributed by atoms with Gasteiger partial charge in [0.1, 0.15) is 5.75 Å². The average molecular weight is 317 g/mol. The van der Waals surface area contributed by atoms with Crippen LogP contribution in [-0.2, 0) is 17.8 Å². The molecule has 2 aliphatic rings. The molecule has 2 N–H and O–H groups in total. The molecule has 2 aliphatic heterocycles. The smallest absolute Gasteiger partial charge is 0.317 e. The Morgan fingerprint density at radius 1 is 1.09 bits per heavy atom. The predicted octanol–water partition coefficient (Wildman–Crippen LogP) is 1.47. The summed E-state index contributed by atoms with van der Waals surface area (Å²) in [4.78, 5) is 27.8. The summed E-state index contributed by atoms with van der Waals surface area (Å²) in [7, 11) is 0. The number of rotatable bonds is 3. The minimum absolute atomic E-state index is 0.122. The fourth-order valence-electron chi connectivity index (χ4n) is 3.23. The van der Waals surface area contributed by atoms with Crippen molar-refractivity contribution in [2.24, 2.45) is 0 Å².